The van der Waals surface area contributed by atoms with E-state index in [2.05, 4.69) is 21.2 Å². The molecule has 0 fully saturated rings. The minimum atomic E-state index is -0.195. The zero-order valence-corrected chi connectivity index (χ0v) is 13.5. The molecule has 0 heterocycles. The molecule has 0 bridgehead atoms. The summed E-state index contributed by atoms with van der Waals surface area (Å²) >= 11 is 3.37. The van der Waals surface area contributed by atoms with Crippen LogP contribution in [0.2, 0.25) is 0 Å². The molecule has 2 aromatic rings. The Morgan fingerprint density at radius 2 is 1.86 bits per heavy atom. The molecule has 0 aliphatic carbocycles. The quantitative estimate of drug-likeness (QED) is 0.791. The number of hydrogen-bond donors (Lipinski definition) is 1. The highest BCUT2D eigenvalue weighted by molar-refractivity contribution is 9.10. The lowest BCUT2D eigenvalue weighted by Gasteiger charge is -2.09. The van der Waals surface area contributed by atoms with Crippen LogP contribution in [-0.4, -0.2) is 12.5 Å². The van der Waals surface area contributed by atoms with Crippen LogP contribution < -0.4 is 5.32 Å². The molecule has 2 rings (SSSR count). The minimum absolute atomic E-state index is 0.195. The molecule has 3 nitrogen and oxygen atoms in total. The van der Waals surface area contributed by atoms with Crippen molar-refractivity contribution in [2.24, 2.45) is 0 Å². The predicted molar refractivity (Wildman–Crippen MR) is 88.2 cm³/mol. The average molecular weight is 348 g/mol. The second-order valence-corrected chi connectivity index (χ2v) is 5.69. The number of hydrogen-bond acceptors (Lipinski definition) is 3. The number of carbonyl (C=O) groups is 1. The van der Waals surface area contributed by atoms with Crippen LogP contribution in [0.3, 0.4) is 0 Å². The summed E-state index contributed by atoms with van der Waals surface area (Å²) in [6, 6.07) is 15.7. The molecular formula is C17H18BrNO2. The molecule has 0 aliphatic rings. The van der Waals surface area contributed by atoms with Gasteiger partial charge < -0.3 is 10.1 Å². The third-order valence-electron chi connectivity index (χ3n) is 3.10. The second-order valence-electron chi connectivity index (χ2n) is 4.78. The first-order chi connectivity index (χ1) is 10.1. The molecule has 4 heteroatoms. The zero-order valence-electron chi connectivity index (χ0n) is 11.9. The first-order valence-electron chi connectivity index (χ1n) is 6.85. The van der Waals surface area contributed by atoms with Crippen LogP contribution in [0.25, 0.3) is 0 Å². The van der Waals surface area contributed by atoms with Crippen LogP contribution in [0.1, 0.15) is 17.5 Å². The lowest BCUT2D eigenvalue weighted by molar-refractivity contribution is -0.144. The van der Waals surface area contributed by atoms with Gasteiger partial charge in [0.15, 0.2) is 0 Å². The SMILES string of the molecule is Cc1ccccc1NCCC(=O)OCc1ccc(Br)cc1. The predicted octanol–water partition coefficient (Wildman–Crippen LogP) is 4.30. The summed E-state index contributed by atoms with van der Waals surface area (Å²) < 4.78 is 6.26. The van der Waals surface area contributed by atoms with Gasteiger partial charge in [-0.25, -0.2) is 0 Å². The molecule has 2 aromatic carbocycles. The lowest BCUT2D eigenvalue weighted by atomic mass is 10.2. The van der Waals surface area contributed by atoms with E-state index in [0.29, 0.717) is 19.6 Å². The largest absolute Gasteiger partial charge is 0.461 e. The molecule has 0 atom stereocenters. The van der Waals surface area contributed by atoms with E-state index in [-0.39, 0.29) is 5.97 Å². The highest BCUT2D eigenvalue weighted by Gasteiger charge is 2.04. The number of benzene rings is 2. The van der Waals surface area contributed by atoms with Crippen LogP contribution in [-0.2, 0) is 16.1 Å². The van der Waals surface area contributed by atoms with Crippen molar-refractivity contribution in [3.05, 3.63) is 64.1 Å². The molecule has 1 N–H and O–H groups in total. The van der Waals surface area contributed by atoms with E-state index >= 15 is 0 Å². The summed E-state index contributed by atoms with van der Waals surface area (Å²) in [4.78, 5) is 11.7. The van der Waals surface area contributed by atoms with Gasteiger partial charge in [-0.1, -0.05) is 46.3 Å². The fourth-order valence-corrected chi connectivity index (χ4v) is 2.15. The topological polar surface area (TPSA) is 38.3 Å². The Balaban J connectivity index is 1.70. The molecule has 0 radical (unpaired) electrons. The van der Waals surface area contributed by atoms with E-state index in [4.69, 9.17) is 4.74 Å². The van der Waals surface area contributed by atoms with E-state index in [9.17, 15) is 4.79 Å². The van der Waals surface area contributed by atoms with E-state index in [1.165, 1.54) is 5.56 Å². The Hall–Kier alpha value is -1.81. The Kier molecular flexibility index (Phi) is 5.81. The van der Waals surface area contributed by atoms with E-state index in [0.717, 1.165) is 15.7 Å². The van der Waals surface area contributed by atoms with Crippen LogP contribution in [0.4, 0.5) is 5.69 Å². The fourth-order valence-electron chi connectivity index (χ4n) is 1.89. The van der Waals surface area contributed by atoms with Gasteiger partial charge in [-0.15, -0.1) is 0 Å². The fraction of sp³-hybridized carbons (Fsp3) is 0.235. The molecule has 0 aliphatic heterocycles. The van der Waals surface area contributed by atoms with Crippen molar-refractivity contribution in [2.45, 2.75) is 20.0 Å². The van der Waals surface area contributed by atoms with Gasteiger partial charge in [0.2, 0.25) is 0 Å². The van der Waals surface area contributed by atoms with Crippen molar-refractivity contribution in [3.63, 3.8) is 0 Å². The van der Waals surface area contributed by atoms with Gasteiger partial charge in [0.25, 0.3) is 0 Å². The summed E-state index contributed by atoms with van der Waals surface area (Å²) in [7, 11) is 0. The third-order valence-corrected chi connectivity index (χ3v) is 3.63. The number of esters is 1. The summed E-state index contributed by atoms with van der Waals surface area (Å²) in [5, 5.41) is 3.24. The number of aryl methyl sites for hydroxylation is 1. The van der Waals surface area contributed by atoms with Crippen molar-refractivity contribution >= 4 is 27.6 Å². The van der Waals surface area contributed by atoms with Crippen molar-refractivity contribution in [2.75, 3.05) is 11.9 Å². The third kappa shape index (κ3) is 5.23. The molecule has 0 amide bonds. The molecule has 110 valence electrons. The number of anilines is 1. The first kappa shape index (κ1) is 15.6. The van der Waals surface area contributed by atoms with E-state index in [1.807, 2.05) is 55.5 Å². The Bertz CT molecular complexity index is 596. The summed E-state index contributed by atoms with van der Waals surface area (Å²) in [5.41, 5.74) is 3.21. The van der Waals surface area contributed by atoms with Gasteiger partial charge >= 0.3 is 5.97 Å². The van der Waals surface area contributed by atoms with Crippen LogP contribution in [0.15, 0.2) is 53.0 Å². The smallest absolute Gasteiger partial charge is 0.307 e. The molecule has 0 aromatic heterocycles. The maximum Gasteiger partial charge on any atom is 0.307 e. The maximum absolute atomic E-state index is 11.7. The average Bonchev–Trinajstić information content (AvgIpc) is 2.49. The summed E-state index contributed by atoms with van der Waals surface area (Å²) in [6.07, 6.45) is 0.352. The Morgan fingerprint density at radius 1 is 1.14 bits per heavy atom. The number of nitrogens with one attached hydrogen (secondary N) is 1. The first-order valence-corrected chi connectivity index (χ1v) is 7.64. The highest BCUT2D eigenvalue weighted by atomic mass is 79.9. The molecule has 0 unspecified atom stereocenters. The number of ether oxygens (including phenoxy) is 1. The van der Waals surface area contributed by atoms with Crippen molar-refractivity contribution in [1.82, 2.24) is 0 Å². The van der Waals surface area contributed by atoms with Gasteiger partial charge in [0, 0.05) is 16.7 Å². The minimum Gasteiger partial charge on any atom is -0.461 e. The number of carbonyl (C=O) groups excluding carboxylic acids is 1. The van der Waals surface area contributed by atoms with Gasteiger partial charge in [0.1, 0.15) is 6.61 Å². The molecule has 0 saturated heterocycles. The lowest BCUT2D eigenvalue weighted by Crippen LogP contribution is -2.12. The highest BCUT2D eigenvalue weighted by Crippen LogP contribution is 2.13. The maximum atomic E-state index is 11.7. The van der Waals surface area contributed by atoms with Crippen LogP contribution in [0, 0.1) is 6.92 Å². The van der Waals surface area contributed by atoms with Crippen LogP contribution in [0.5, 0.6) is 0 Å². The number of rotatable bonds is 6. The zero-order chi connectivity index (χ0) is 15.1. The van der Waals surface area contributed by atoms with Gasteiger partial charge in [0.05, 0.1) is 6.42 Å². The van der Waals surface area contributed by atoms with E-state index < -0.39 is 0 Å². The summed E-state index contributed by atoms with van der Waals surface area (Å²) in [6.45, 7) is 2.93. The second kappa shape index (κ2) is 7.84. The van der Waals surface area contributed by atoms with Gasteiger partial charge in [-0.05, 0) is 36.2 Å². The van der Waals surface area contributed by atoms with Crippen molar-refractivity contribution in [3.8, 4) is 0 Å². The van der Waals surface area contributed by atoms with Crippen molar-refractivity contribution < 1.29 is 9.53 Å². The van der Waals surface area contributed by atoms with Gasteiger partial charge in [-0.2, -0.15) is 0 Å². The molecule has 21 heavy (non-hydrogen) atoms. The number of halogens is 1. The normalized spacial score (nSPS) is 10.2. The molecular weight excluding hydrogens is 330 g/mol. The number of para-hydroxylation sites is 1. The summed E-state index contributed by atoms with van der Waals surface area (Å²) in [5.74, 6) is -0.195. The van der Waals surface area contributed by atoms with Crippen LogP contribution >= 0.6 is 15.9 Å². The van der Waals surface area contributed by atoms with E-state index in [1.54, 1.807) is 0 Å². The van der Waals surface area contributed by atoms with Crippen molar-refractivity contribution in [1.29, 1.82) is 0 Å². The molecule has 0 spiro atoms. The van der Waals surface area contributed by atoms with Gasteiger partial charge in [-0.3, -0.25) is 4.79 Å². The standard InChI is InChI=1S/C17H18BrNO2/c1-13-4-2-3-5-16(13)19-11-10-17(20)21-12-14-6-8-15(18)9-7-14/h2-9,19H,10-12H2,1H3. The Labute approximate surface area is 133 Å². The molecule has 0 saturated carbocycles. The monoisotopic (exact) mass is 347 g/mol. The Morgan fingerprint density at radius 3 is 2.57 bits per heavy atom.